The van der Waals surface area contributed by atoms with Crippen LogP contribution in [0.5, 0.6) is 11.5 Å². The van der Waals surface area contributed by atoms with Gasteiger partial charge in [0.2, 0.25) is 0 Å². The van der Waals surface area contributed by atoms with Crippen LogP contribution in [0.3, 0.4) is 0 Å². The van der Waals surface area contributed by atoms with Crippen molar-refractivity contribution in [3.8, 4) is 11.5 Å². The average molecular weight is 633 g/mol. The molecule has 1 heterocycles. The SMILES string of the molecule is CCOc1cc(/C=N\NC(=O)c2cc3cc(Br)cc(Br)c3o2)c(Br)cc1OCC(=O)OC. The Morgan fingerprint density at radius 2 is 1.81 bits per heavy atom. The van der Waals surface area contributed by atoms with Crippen LogP contribution in [-0.4, -0.2) is 38.4 Å². The lowest BCUT2D eigenvalue weighted by molar-refractivity contribution is -0.142. The minimum absolute atomic E-state index is 0.122. The third-order valence-corrected chi connectivity index (χ3v) is 5.80. The Bertz CT molecular complexity index is 1190. The standard InChI is InChI=1S/C21H17Br3N2O6/c1-3-30-16-6-12(14(23)8-17(16)31-10-19(27)29-2)9-25-26-21(28)18-5-11-4-13(22)7-15(24)20(11)32-18/h4-9H,3,10H2,1-2H3,(H,26,28)/b25-9-. The van der Waals surface area contributed by atoms with E-state index in [0.29, 0.717) is 33.7 Å². The number of methoxy groups -OCH3 is 1. The summed E-state index contributed by atoms with van der Waals surface area (Å²) in [6.07, 6.45) is 1.45. The monoisotopic (exact) mass is 630 g/mol. The van der Waals surface area contributed by atoms with Crippen molar-refractivity contribution in [2.24, 2.45) is 5.10 Å². The highest BCUT2D eigenvalue weighted by Crippen LogP contribution is 2.33. The van der Waals surface area contributed by atoms with Crippen molar-refractivity contribution >= 4 is 76.9 Å². The van der Waals surface area contributed by atoms with Crippen LogP contribution in [0, 0.1) is 0 Å². The lowest BCUT2D eigenvalue weighted by atomic mass is 10.2. The first-order valence-corrected chi connectivity index (χ1v) is 11.6. The number of nitrogens with zero attached hydrogens (tertiary/aromatic N) is 1. The lowest BCUT2D eigenvalue weighted by Gasteiger charge is -2.13. The number of esters is 1. The summed E-state index contributed by atoms with van der Waals surface area (Å²) < 4.78 is 23.5. The third kappa shape index (κ3) is 5.90. The van der Waals surface area contributed by atoms with Crippen LogP contribution >= 0.6 is 47.8 Å². The molecule has 1 aromatic heterocycles. The van der Waals surface area contributed by atoms with Gasteiger partial charge in [-0.05, 0) is 69.1 Å². The Hall–Kier alpha value is -2.37. The molecule has 11 heteroatoms. The predicted molar refractivity (Wildman–Crippen MR) is 129 cm³/mol. The molecule has 0 unspecified atom stereocenters. The second-order valence-corrected chi connectivity index (χ2v) is 8.86. The van der Waals surface area contributed by atoms with Crippen LogP contribution in [0.4, 0.5) is 0 Å². The molecule has 0 aliphatic rings. The Morgan fingerprint density at radius 1 is 1.06 bits per heavy atom. The molecule has 0 aliphatic heterocycles. The summed E-state index contributed by atoms with van der Waals surface area (Å²) >= 11 is 10.2. The molecular formula is C21H17Br3N2O6. The lowest BCUT2D eigenvalue weighted by Crippen LogP contribution is -2.16. The number of hydrazone groups is 1. The highest BCUT2D eigenvalue weighted by Gasteiger charge is 2.15. The van der Waals surface area contributed by atoms with Crippen molar-refractivity contribution in [2.45, 2.75) is 6.92 Å². The molecule has 168 valence electrons. The van der Waals surface area contributed by atoms with E-state index in [1.165, 1.54) is 13.3 Å². The number of halogens is 3. The van der Waals surface area contributed by atoms with Crippen LogP contribution in [0.25, 0.3) is 11.0 Å². The number of furan rings is 1. The molecule has 0 bridgehead atoms. The molecule has 0 radical (unpaired) electrons. The molecule has 1 N–H and O–H groups in total. The Labute approximate surface area is 208 Å². The van der Waals surface area contributed by atoms with Gasteiger partial charge in [-0.3, -0.25) is 4.79 Å². The normalized spacial score (nSPS) is 11.0. The molecule has 32 heavy (non-hydrogen) atoms. The summed E-state index contributed by atoms with van der Waals surface area (Å²) in [7, 11) is 1.28. The van der Waals surface area contributed by atoms with Gasteiger partial charge in [0.15, 0.2) is 23.9 Å². The van der Waals surface area contributed by atoms with E-state index in [2.05, 4.69) is 63.1 Å². The summed E-state index contributed by atoms with van der Waals surface area (Å²) in [4.78, 5) is 23.8. The number of rotatable bonds is 8. The minimum Gasteiger partial charge on any atom is -0.490 e. The molecule has 0 aliphatic carbocycles. The van der Waals surface area contributed by atoms with Crippen LogP contribution in [-0.2, 0) is 9.53 Å². The zero-order valence-electron chi connectivity index (χ0n) is 16.9. The summed E-state index contributed by atoms with van der Waals surface area (Å²) in [5.41, 5.74) is 3.62. The fourth-order valence-corrected chi connectivity index (χ4v) is 4.39. The van der Waals surface area contributed by atoms with E-state index in [4.69, 9.17) is 13.9 Å². The van der Waals surface area contributed by atoms with Crippen LogP contribution in [0.15, 0.2) is 53.3 Å². The number of fused-ring (bicyclic) bond motifs is 1. The van der Waals surface area contributed by atoms with Crippen molar-refractivity contribution in [3.05, 3.63) is 55.1 Å². The first-order valence-electron chi connectivity index (χ1n) is 9.20. The van der Waals surface area contributed by atoms with E-state index < -0.39 is 11.9 Å². The maximum atomic E-state index is 12.4. The molecule has 0 saturated carbocycles. The number of nitrogens with one attached hydrogen (secondary N) is 1. The average Bonchev–Trinajstić information content (AvgIpc) is 3.19. The summed E-state index contributed by atoms with van der Waals surface area (Å²) in [6, 6.07) is 8.63. The van der Waals surface area contributed by atoms with E-state index in [0.717, 1.165) is 14.3 Å². The second-order valence-electron chi connectivity index (χ2n) is 6.23. The highest BCUT2D eigenvalue weighted by molar-refractivity contribution is 9.11. The van der Waals surface area contributed by atoms with E-state index in [9.17, 15) is 9.59 Å². The molecule has 0 atom stereocenters. The molecule has 3 aromatic rings. The van der Waals surface area contributed by atoms with E-state index >= 15 is 0 Å². The van der Waals surface area contributed by atoms with Gasteiger partial charge in [0.25, 0.3) is 0 Å². The zero-order valence-corrected chi connectivity index (χ0v) is 21.7. The molecule has 1 amide bonds. The summed E-state index contributed by atoms with van der Waals surface area (Å²) in [6.45, 7) is 1.96. The number of benzene rings is 2. The summed E-state index contributed by atoms with van der Waals surface area (Å²) in [5, 5.41) is 4.77. The van der Waals surface area contributed by atoms with Gasteiger partial charge in [0.1, 0.15) is 5.58 Å². The van der Waals surface area contributed by atoms with Gasteiger partial charge in [-0.2, -0.15) is 5.10 Å². The van der Waals surface area contributed by atoms with Gasteiger partial charge in [-0.15, -0.1) is 0 Å². The number of amides is 1. The Kier molecular flexibility index (Phi) is 8.32. The van der Waals surface area contributed by atoms with E-state index in [1.807, 2.05) is 19.1 Å². The van der Waals surface area contributed by atoms with Gasteiger partial charge >= 0.3 is 11.9 Å². The first kappa shape index (κ1) is 24.3. The van der Waals surface area contributed by atoms with Crippen LogP contribution < -0.4 is 14.9 Å². The number of ether oxygens (including phenoxy) is 3. The van der Waals surface area contributed by atoms with Crippen molar-refractivity contribution in [3.63, 3.8) is 0 Å². The molecule has 2 aromatic carbocycles. The quantitative estimate of drug-likeness (QED) is 0.202. The molecule has 0 fully saturated rings. The Balaban J connectivity index is 1.75. The fraction of sp³-hybridized carbons (Fsp3) is 0.190. The highest BCUT2D eigenvalue weighted by atomic mass is 79.9. The second kappa shape index (κ2) is 11.0. The van der Waals surface area contributed by atoms with E-state index in [-0.39, 0.29) is 12.4 Å². The van der Waals surface area contributed by atoms with E-state index in [1.54, 1.807) is 18.2 Å². The molecule has 8 nitrogen and oxygen atoms in total. The molecular weight excluding hydrogens is 616 g/mol. The number of hydrogen-bond donors (Lipinski definition) is 1. The first-order chi connectivity index (χ1) is 15.3. The van der Waals surface area contributed by atoms with Crippen LogP contribution in [0.1, 0.15) is 23.0 Å². The van der Waals surface area contributed by atoms with Gasteiger partial charge in [-0.1, -0.05) is 15.9 Å². The molecule has 0 spiro atoms. The number of carbonyl (C=O) groups is 2. The maximum Gasteiger partial charge on any atom is 0.343 e. The number of hydrogen-bond acceptors (Lipinski definition) is 7. The summed E-state index contributed by atoms with van der Waals surface area (Å²) in [5.74, 6) is -0.109. The smallest absolute Gasteiger partial charge is 0.343 e. The topological polar surface area (TPSA) is 99.4 Å². The largest absolute Gasteiger partial charge is 0.490 e. The fourth-order valence-electron chi connectivity index (χ4n) is 2.63. The van der Waals surface area contributed by atoms with Gasteiger partial charge < -0.3 is 18.6 Å². The third-order valence-electron chi connectivity index (χ3n) is 4.07. The van der Waals surface area contributed by atoms with Crippen molar-refractivity contribution in [1.82, 2.24) is 5.43 Å². The molecule has 0 saturated heterocycles. The predicted octanol–water partition coefficient (Wildman–Crippen LogP) is 5.43. The van der Waals surface area contributed by atoms with Gasteiger partial charge in [0, 0.05) is 19.9 Å². The number of carbonyl (C=O) groups excluding carboxylic acids is 2. The van der Waals surface area contributed by atoms with Crippen molar-refractivity contribution < 1.29 is 28.2 Å². The van der Waals surface area contributed by atoms with Gasteiger partial charge in [-0.25, -0.2) is 10.2 Å². The maximum absolute atomic E-state index is 12.4. The van der Waals surface area contributed by atoms with Crippen molar-refractivity contribution in [1.29, 1.82) is 0 Å². The molecule has 3 rings (SSSR count). The van der Waals surface area contributed by atoms with Crippen LogP contribution in [0.2, 0.25) is 0 Å². The minimum atomic E-state index is -0.512. The van der Waals surface area contributed by atoms with Crippen molar-refractivity contribution in [2.75, 3.05) is 20.3 Å². The Morgan fingerprint density at radius 3 is 2.53 bits per heavy atom. The van der Waals surface area contributed by atoms with Gasteiger partial charge in [0.05, 0.1) is 24.4 Å². The zero-order chi connectivity index (χ0) is 23.3.